The van der Waals surface area contributed by atoms with Crippen molar-refractivity contribution in [1.82, 2.24) is 4.98 Å². The van der Waals surface area contributed by atoms with Gasteiger partial charge in [-0.25, -0.2) is 4.98 Å². The van der Waals surface area contributed by atoms with Crippen molar-refractivity contribution in [2.24, 2.45) is 0 Å². The predicted octanol–water partition coefficient (Wildman–Crippen LogP) is 1.64. The number of pyridine rings is 1. The third kappa shape index (κ3) is 3.00. The number of nitrogens with two attached hydrogens (primary N) is 1. The van der Waals surface area contributed by atoms with Crippen LogP contribution in [0.4, 0.5) is 11.5 Å². The molecule has 0 spiro atoms. The van der Waals surface area contributed by atoms with Gasteiger partial charge in [0.1, 0.15) is 6.07 Å². The average molecular weight is 254 g/mol. The van der Waals surface area contributed by atoms with E-state index in [9.17, 15) is 0 Å². The van der Waals surface area contributed by atoms with Gasteiger partial charge < -0.3 is 16.2 Å². The first kappa shape index (κ1) is 12.9. The molecule has 0 fully saturated rings. The first-order chi connectivity index (χ1) is 9.24. The highest BCUT2D eigenvalue weighted by Gasteiger charge is 2.05. The topological polar surface area (TPSA) is 95.0 Å². The molecular formula is C14H14N4O. The molecule has 0 amide bonds. The molecule has 1 aromatic heterocycles. The van der Waals surface area contributed by atoms with Crippen molar-refractivity contribution >= 4 is 11.5 Å². The van der Waals surface area contributed by atoms with Crippen molar-refractivity contribution in [3.63, 3.8) is 0 Å². The molecule has 5 heteroatoms. The maximum absolute atomic E-state index is 8.96. The maximum atomic E-state index is 8.96. The minimum Gasteiger partial charge on any atom is -0.395 e. The Labute approximate surface area is 111 Å². The Morgan fingerprint density at radius 2 is 1.89 bits per heavy atom. The van der Waals surface area contributed by atoms with E-state index in [-0.39, 0.29) is 6.61 Å². The second-order valence-corrected chi connectivity index (χ2v) is 4.06. The predicted molar refractivity (Wildman–Crippen MR) is 73.1 cm³/mol. The summed E-state index contributed by atoms with van der Waals surface area (Å²) in [5, 5.41) is 20.9. The molecule has 96 valence electrons. The summed E-state index contributed by atoms with van der Waals surface area (Å²) >= 11 is 0. The molecule has 0 radical (unpaired) electrons. The lowest BCUT2D eigenvalue weighted by Crippen LogP contribution is -2.05. The van der Waals surface area contributed by atoms with Gasteiger partial charge >= 0.3 is 0 Å². The first-order valence-electron chi connectivity index (χ1n) is 5.81. The Kier molecular flexibility index (Phi) is 3.96. The second-order valence-electron chi connectivity index (χ2n) is 4.06. The van der Waals surface area contributed by atoms with E-state index < -0.39 is 0 Å². The lowest BCUT2D eigenvalue weighted by molar-refractivity contribution is 0.282. The van der Waals surface area contributed by atoms with Crippen molar-refractivity contribution in [1.29, 1.82) is 5.26 Å². The molecule has 1 heterocycles. The fourth-order valence-corrected chi connectivity index (χ4v) is 1.66. The van der Waals surface area contributed by atoms with Crippen molar-refractivity contribution in [2.45, 2.75) is 13.2 Å². The summed E-state index contributed by atoms with van der Waals surface area (Å²) in [4.78, 5) is 4.11. The van der Waals surface area contributed by atoms with E-state index in [1.54, 1.807) is 12.3 Å². The van der Waals surface area contributed by atoms with Gasteiger partial charge in [-0.2, -0.15) is 5.26 Å². The number of nitriles is 1. The summed E-state index contributed by atoms with van der Waals surface area (Å²) in [6, 6.07) is 11.2. The van der Waals surface area contributed by atoms with Gasteiger partial charge in [-0.15, -0.1) is 0 Å². The molecule has 2 aromatic rings. The van der Waals surface area contributed by atoms with E-state index in [1.807, 2.05) is 30.3 Å². The summed E-state index contributed by atoms with van der Waals surface area (Å²) in [6.45, 7) is 0.588. The van der Waals surface area contributed by atoms with E-state index in [4.69, 9.17) is 16.1 Å². The number of anilines is 2. The standard InChI is InChI=1S/C14H14N4O/c15-7-12-5-6-17-14(13(12)16)18-8-10-1-3-11(9-19)4-2-10/h1-6,19H,8-9,16H2,(H,17,18). The highest BCUT2D eigenvalue weighted by Crippen LogP contribution is 2.19. The summed E-state index contributed by atoms with van der Waals surface area (Å²) in [6.07, 6.45) is 1.55. The Bertz CT molecular complexity index is 602. The van der Waals surface area contributed by atoms with E-state index >= 15 is 0 Å². The quantitative estimate of drug-likeness (QED) is 0.771. The molecule has 0 aliphatic carbocycles. The third-order valence-electron chi connectivity index (χ3n) is 2.78. The van der Waals surface area contributed by atoms with Crippen LogP contribution in [-0.2, 0) is 13.2 Å². The summed E-state index contributed by atoms with van der Waals surface area (Å²) in [5.74, 6) is 0.505. The number of nitrogens with one attached hydrogen (secondary N) is 1. The van der Waals surface area contributed by atoms with Gasteiger partial charge in [0, 0.05) is 12.7 Å². The van der Waals surface area contributed by atoms with Crippen LogP contribution in [0.2, 0.25) is 0 Å². The summed E-state index contributed by atoms with van der Waals surface area (Å²) in [5.41, 5.74) is 8.50. The molecule has 5 nitrogen and oxygen atoms in total. The van der Waals surface area contributed by atoms with E-state index in [0.717, 1.165) is 11.1 Å². The van der Waals surface area contributed by atoms with Crippen LogP contribution in [-0.4, -0.2) is 10.1 Å². The number of benzene rings is 1. The number of aromatic nitrogens is 1. The molecule has 4 N–H and O–H groups in total. The van der Waals surface area contributed by atoms with Crippen molar-refractivity contribution in [3.05, 3.63) is 53.2 Å². The second kappa shape index (κ2) is 5.85. The van der Waals surface area contributed by atoms with Crippen molar-refractivity contribution in [3.8, 4) is 6.07 Å². The molecule has 0 atom stereocenters. The zero-order chi connectivity index (χ0) is 13.7. The Morgan fingerprint density at radius 3 is 2.53 bits per heavy atom. The minimum absolute atomic E-state index is 0.0342. The fourth-order valence-electron chi connectivity index (χ4n) is 1.66. The van der Waals surface area contributed by atoms with Crippen LogP contribution >= 0.6 is 0 Å². The molecule has 0 saturated heterocycles. The number of hydrogen-bond donors (Lipinski definition) is 3. The molecule has 1 aromatic carbocycles. The van der Waals surface area contributed by atoms with Crippen LogP contribution < -0.4 is 11.1 Å². The number of rotatable bonds is 4. The molecule has 0 aliphatic rings. The summed E-state index contributed by atoms with van der Waals surface area (Å²) in [7, 11) is 0. The van der Waals surface area contributed by atoms with Gasteiger partial charge in [-0.3, -0.25) is 0 Å². The normalized spacial score (nSPS) is 9.89. The molecule has 2 rings (SSSR count). The van der Waals surface area contributed by atoms with Gasteiger partial charge in [0.05, 0.1) is 17.9 Å². The SMILES string of the molecule is N#Cc1ccnc(NCc2ccc(CO)cc2)c1N. The van der Waals surface area contributed by atoms with Crippen LogP contribution in [0.15, 0.2) is 36.5 Å². The summed E-state index contributed by atoms with van der Waals surface area (Å²) < 4.78 is 0. The van der Waals surface area contributed by atoms with E-state index in [1.165, 1.54) is 0 Å². The number of hydrogen-bond acceptors (Lipinski definition) is 5. The van der Waals surface area contributed by atoms with E-state index in [2.05, 4.69) is 10.3 Å². The molecule has 0 unspecified atom stereocenters. The third-order valence-corrected chi connectivity index (χ3v) is 2.78. The van der Waals surface area contributed by atoms with Gasteiger partial charge in [0.15, 0.2) is 5.82 Å². The Balaban J connectivity index is 2.08. The van der Waals surface area contributed by atoms with Crippen LogP contribution in [0.25, 0.3) is 0 Å². The molecular weight excluding hydrogens is 240 g/mol. The van der Waals surface area contributed by atoms with Crippen LogP contribution in [0.5, 0.6) is 0 Å². The lowest BCUT2D eigenvalue weighted by Gasteiger charge is -2.09. The highest BCUT2D eigenvalue weighted by molar-refractivity contribution is 5.68. The molecule has 0 aliphatic heterocycles. The maximum Gasteiger partial charge on any atom is 0.150 e. The van der Waals surface area contributed by atoms with Gasteiger partial charge in [-0.1, -0.05) is 24.3 Å². The van der Waals surface area contributed by atoms with Crippen molar-refractivity contribution in [2.75, 3.05) is 11.1 Å². The lowest BCUT2D eigenvalue weighted by atomic mass is 10.1. The average Bonchev–Trinajstić information content (AvgIpc) is 2.47. The molecule has 0 bridgehead atoms. The van der Waals surface area contributed by atoms with Crippen LogP contribution in [0.3, 0.4) is 0 Å². The monoisotopic (exact) mass is 254 g/mol. The highest BCUT2D eigenvalue weighted by atomic mass is 16.3. The first-order valence-corrected chi connectivity index (χ1v) is 5.81. The molecule has 0 saturated carbocycles. The minimum atomic E-state index is 0.0342. The zero-order valence-electron chi connectivity index (χ0n) is 10.3. The zero-order valence-corrected chi connectivity index (χ0v) is 10.3. The van der Waals surface area contributed by atoms with E-state index in [0.29, 0.717) is 23.6 Å². The van der Waals surface area contributed by atoms with Gasteiger partial charge in [-0.05, 0) is 17.2 Å². The van der Waals surface area contributed by atoms with Crippen molar-refractivity contribution < 1.29 is 5.11 Å². The Hall–Kier alpha value is -2.58. The van der Waals surface area contributed by atoms with Crippen LogP contribution in [0, 0.1) is 11.3 Å². The Morgan fingerprint density at radius 1 is 1.21 bits per heavy atom. The number of nitrogens with zero attached hydrogens (tertiary/aromatic N) is 2. The fraction of sp³-hybridized carbons (Fsp3) is 0.143. The van der Waals surface area contributed by atoms with Gasteiger partial charge in [0.2, 0.25) is 0 Å². The van der Waals surface area contributed by atoms with Gasteiger partial charge in [0.25, 0.3) is 0 Å². The smallest absolute Gasteiger partial charge is 0.150 e. The molecule has 19 heavy (non-hydrogen) atoms. The largest absolute Gasteiger partial charge is 0.395 e. The number of aliphatic hydroxyl groups excluding tert-OH is 1. The van der Waals surface area contributed by atoms with Crippen LogP contribution in [0.1, 0.15) is 16.7 Å². The number of nitrogen functional groups attached to an aromatic ring is 1. The number of aliphatic hydroxyl groups is 1.